The second kappa shape index (κ2) is 21.9. The quantitative estimate of drug-likeness (QED) is 0.0762. The van der Waals surface area contributed by atoms with Crippen LogP contribution in [0.5, 0.6) is 5.75 Å². The Morgan fingerprint density at radius 3 is 2.08 bits per heavy atom. The number of rotatable bonds is 22. The molecule has 4 aromatic carbocycles. The summed E-state index contributed by atoms with van der Waals surface area (Å²) in [5, 5.41) is 12.6. The number of nitriles is 1. The van der Waals surface area contributed by atoms with Crippen LogP contribution in [-0.4, -0.2) is 76.8 Å². The molecule has 15 heteroatoms. The zero-order valence-electron chi connectivity index (χ0n) is 34.3. The van der Waals surface area contributed by atoms with E-state index in [1.54, 1.807) is 12.1 Å². The molecule has 2 saturated heterocycles. The predicted molar refractivity (Wildman–Crippen MR) is 226 cm³/mol. The fourth-order valence-electron chi connectivity index (χ4n) is 7.16. The Bertz CT molecular complexity index is 2030. The lowest BCUT2D eigenvalue weighted by atomic mass is 9.88. The fourth-order valence-corrected chi connectivity index (χ4v) is 9.94. The summed E-state index contributed by atoms with van der Waals surface area (Å²) in [6.07, 6.45) is -1.10. The highest BCUT2D eigenvalue weighted by atomic mass is 32.2. The van der Waals surface area contributed by atoms with E-state index >= 15 is 0 Å². The van der Waals surface area contributed by atoms with Gasteiger partial charge < -0.3 is 37.8 Å². The Balaban J connectivity index is 1.39. The van der Waals surface area contributed by atoms with Gasteiger partial charge in [0, 0.05) is 19.5 Å². The van der Waals surface area contributed by atoms with Crippen molar-refractivity contribution in [1.29, 1.82) is 5.26 Å². The van der Waals surface area contributed by atoms with Gasteiger partial charge in [-0.3, -0.25) is 0 Å². The number of ether oxygens (including phenoxy) is 4. The molecule has 5 atom stereocenters. The van der Waals surface area contributed by atoms with Crippen molar-refractivity contribution >= 4 is 24.7 Å². The molecule has 0 saturated carbocycles. The van der Waals surface area contributed by atoms with E-state index in [0.717, 1.165) is 16.7 Å². The van der Waals surface area contributed by atoms with Crippen LogP contribution in [0.4, 0.5) is 4.79 Å². The first-order chi connectivity index (χ1) is 29.0. The van der Waals surface area contributed by atoms with Gasteiger partial charge in [-0.1, -0.05) is 105 Å². The number of methoxy groups -OCH3 is 1. The van der Waals surface area contributed by atoms with E-state index < -0.39 is 54.7 Å². The molecule has 0 aromatic heterocycles. The zero-order chi connectivity index (χ0) is 42.4. The molecular formula is C45H54N3O10PS. The van der Waals surface area contributed by atoms with Crippen LogP contribution in [-0.2, 0) is 57.4 Å². The smallest absolute Gasteiger partial charge is 0.407 e. The summed E-state index contributed by atoms with van der Waals surface area (Å²) in [5.41, 5.74) is 1.99. The molecule has 0 aliphatic carbocycles. The molecule has 4 unspecified atom stereocenters. The van der Waals surface area contributed by atoms with E-state index in [9.17, 15) is 18.5 Å². The van der Waals surface area contributed by atoms with Gasteiger partial charge in [0.1, 0.15) is 18.0 Å². The van der Waals surface area contributed by atoms with Gasteiger partial charge in [-0.15, -0.1) is 0 Å². The van der Waals surface area contributed by atoms with Gasteiger partial charge in [-0.25, -0.2) is 13.2 Å². The molecule has 320 valence electrons. The van der Waals surface area contributed by atoms with Gasteiger partial charge in [0.2, 0.25) is 10.0 Å². The van der Waals surface area contributed by atoms with Crippen LogP contribution >= 0.6 is 8.60 Å². The molecule has 13 nitrogen and oxygen atoms in total. The molecule has 1 amide bonds. The summed E-state index contributed by atoms with van der Waals surface area (Å²) in [6.45, 7) is 4.66. The third kappa shape index (κ3) is 13.0. The molecule has 2 aliphatic rings. The molecule has 4 aromatic rings. The number of benzene rings is 4. The first-order valence-electron chi connectivity index (χ1n) is 20.1. The predicted octanol–water partition coefficient (Wildman–Crippen LogP) is 8.16. The maximum absolute atomic E-state index is 14.8. The van der Waals surface area contributed by atoms with E-state index in [1.807, 2.05) is 105 Å². The molecular weight excluding hydrogens is 806 g/mol. The van der Waals surface area contributed by atoms with Crippen molar-refractivity contribution < 1.29 is 45.7 Å². The monoisotopic (exact) mass is 859 g/mol. The SMILES string of the molecule is COc1ccc(S(=O)(=O)N(CC(OP(OCc2ccccc2)OCc2ccccc2)[C@H](Cc2ccccc2)NC(=O)OC2COC3OCCC23)CC(C)(C)CCC#N)cc1. The van der Waals surface area contributed by atoms with Crippen molar-refractivity contribution in [3.05, 3.63) is 132 Å². The van der Waals surface area contributed by atoms with Crippen molar-refractivity contribution in [2.24, 2.45) is 11.3 Å². The van der Waals surface area contributed by atoms with E-state index in [1.165, 1.54) is 23.5 Å². The van der Waals surface area contributed by atoms with Crippen LogP contribution in [0.1, 0.15) is 49.8 Å². The Morgan fingerprint density at radius 1 is 0.900 bits per heavy atom. The summed E-state index contributed by atoms with van der Waals surface area (Å²) < 4.78 is 73.5. The lowest BCUT2D eigenvalue weighted by Gasteiger charge is -2.37. The third-order valence-electron chi connectivity index (χ3n) is 10.5. The van der Waals surface area contributed by atoms with Crippen LogP contribution in [0, 0.1) is 22.7 Å². The van der Waals surface area contributed by atoms with Gasteiger partial charge >= 0.3 is 14.7 Å². The van der Waals surface area contributed by atoms with Crippen molar-refractivity contribution in [3.63, 3.8) is 0 Å². The number of carbonyl (C=O) groups is 1. The highest BCUT2D eigenvalue weighted by molar-refractivity contribution is 7.89. The second-order valence-corrected chi connectivity index (χ2v) is 18.7. The summed E-state index contributed by atoms with van der Waals surface area (Å²) in [4.78, 5) is 14.0. The largest absolute Gasteiger partial charge is 0.497 e. The maximum atomic E-state index is 14.8. The van der Waals surface area contributed by atoms with E-state index in [4.69, 9.17) is 32.5 Å². The molecule has 1 N–H and O–H groups in total. The number of sulfonamides is 1. The van der Waals surface area contributed by atoms with Gasteiger partial charge in [-0.05, 0) is 65.6 Å². The minimum atomic E-state index is -4.22. The number of fused-ring (bicyclic) bond motifs is 1. The van der Waals surface area contributed by atoms with Gasteiger partial charge in [0.05, 0.1) is 56.5 Å². The Labute approximate surface area is 354 Å². The summed E-state index contributed by atoms with van der Waals surface area (Å²) in [7, 11) is -4.89. The number of carbonyl (C=O) groups excluding carboxylic acids is 1. The molecule has 2 fully saturated rings. The van der Waals surface area contributed by atoms with Crippen molar-refractivity contribution in [2.75, 3.05) is 33.4 Å². The average Bonchev–Trinajstić information content (AvgIpc) is 3.89. The Hall–Kier alpha value is -4.42. The van der Waals surface area contributed by atoms with E-state index in [0.29, 0.717) is 25.2 Å². The number of alkyl carbamates (subject to hydrolysis) is 1. The lowest BCUT2D eigenvalue weighted by Crippen LogP contribution is -2.53. The minimum Gasteiger partial charge on any atom is -0.497 e. The van der Waals surface area contributed by atoms with Crippen LogP contribution in [0.25, 0.3) is 0 Å². The van der Waals surface area contributed by atoms with Crippen LogP contribution in [0.15, 0.2) is 120 Å². The van der Waals surface area contributed by atoms with E-state index in [-0.39, 0.29) is 56.6 Å². The Morgan fingerprint density at radius 2 is 1.50 bits per heavy atom. The molecule has 2 aliphatic heterocycles. The molecule has 60 heavy (non-hydrogen) atoms. The molecule has 2 heterocycles. The number of amides is 1. The summed E-state index contributed by atoms with van der Waals surface area (Å²) >= 11 is 0. The number of nitrogens with one attached hydrogen (secondary N) is 1. The normalized spacial score (nSPS) is 18.8. The summed E-state index contributed by atoms with van der Waals surface area (Å²) in [6, 6.07) is 36.2. The standard InChI is InChI=1S/C45H54N3O10PS/c1-45(2,25-13-26-46)33-48(60(50,51)38-22-20-37(52-3)21-23-38)29-41(58-59(55-30-35-16-9-5-10-17-35)56-31-36-18-11-6-12-19-36)40(28-34-14-7-4-8-15-34)47-44(49)57-42-32-54-43-39(42)24-27-53-43/h4-12,14-23,39-43H,13,24-25,27-33H2,1-3H3,(H,47,49)/t39?,40-,41?,42?,43?/m0/s1. The molecule has 6 rings (SSSR count). The number of nitrogens with zero attached hydrogens (tertiary/aromatic N) is 2. The lowest BCUT2D eigenvalue weighted by molar-refractivity contribution is -0.0907. The molecule has 0 radical (unpaired) electrons. The zero-order valence-corrected chi connectivity index (χ0v) is 36.0. The van der Waals surface area contributed by atoms with Gasteiger partial charge in [0.25, 0.3) is 0 Å². The van der Waals surface area contributed by atoms with E-state index in [2.05, 4.69) is 11.4 Å². The third-order valence-corrected chi connectivity index (χ3v) is 13.4. The second-order valence-electron chi connectivity index (χ2n) is 15.6. The highest BCUT2D eigenvalue weighted by Crippen LogP contribution is 2.44. The maximum Gasteiger partial charge on any atom is 0.407 e. The minimum absolute atomic E-state index is 0.0293. The topological polar surface area (TPSA) is 155 Å². The van der Waals surface area contributed by atoms with Crippen LogP contribution in [0.3, 0.4) is 0 Å². The Kier molecular flexibility index (Phi) is 16.5. The first-order valence-corrected chi connectivity index (χ1v) is 22.6. The van der Waals surface area contributed by atoms with Gasteiger partial charge in [0.15, 0.2) is 6.29 Å². The number of hydrogen-bond donors (Lipinski definition) is 1. The van der Waals surface area contributed by atoms with Crippen molar-refractivity contribution in [1.82, 2.24) is 9.62 Å². The van der Waals surface area contributed by atoms with Crippen LogP contribution < -0.4 is 10.1 Å². The summed E-state index contributed by atoms with van der Waals surface area (Å²) in [5.74, 6) is 0.406. The van der Waals surface area contributed by atoms with Crippen molar-refractivity contribution in [2.45, 2.75) is 82.2 Å². The first kappa shape index (κ1) is 45.1. The molecule has 0 bridgehead atoms. The van der Waals surface area contributed by atoms with Crippen LogP contribution in [0.2, 0.25) is 0 Å². The average molecular weight is 860 g/mol. The van der Waals surface area contributed by atoms with Gasteiger partial charge in [-0.2, -0.15) is 9.57 Å². The number of hydrogen-bond acceptors (Lipinski definition) is 11. The highest BCUT2D eigenvalue weighted by Gasteiger charge is 2.44. The fraction of sp³-hybridized carbons (Fsp3) is 0.422. The van der Waals surface area contributed by atoms with Crippen molar-refractivity contribution in [3.8, 4) is 11.8 Å². The molecule has 0 spiro atoms.